The van der Waals surface area contributed by atoms with Crippen LogP contribution >= 0.6 is 0 Å². The first-order chi connectivity index (χ1) is 8.95. The lowest BCUT2D eigenvalue weighted by Gasteiger charge is -2.27. The lowest BCUT2D eigenvalue weighted by Crippen LogP contribution is -2.19. The van der Waals surface area contributed by atoms with Gasteiger partial charge in [-0.05, 0) is 54.7 Å². The number of aliphatic hydroxyl groups excluding tert-OH is 1. The van der Waals surface area contributed by atoms with Crippen LogP contribution in [0.4, 0.5) is 13.2 Å². The highest BCUT2D eigenvalue weighted by Gasteiger charge is 2.43. The summed E-state index contributed by atoms with van der Waals surface area (Å²) < 4.78 is 38.0. The molecule has 0 aromatic heterocycles. The molecule has 4 unspecified atom stereocenters. The highest BCUT2D eigenvalue weighted by atomic mass is 19.4. The van der Waals surface area contributed by atoms with Crippen LogP contribution in [0.5, 0.6) is 0 Å². The van der Waals surface area contributed by atoms with Gasteiger partial charge in [0.25, 0.3) is 0 Å². The number of hydrogen-bond acceptors (Lipinski definition) is 1. The Bertz CT molecular complexity index is 469. The predicted molar refractivity (Wildman–Crippen MR) is 65.3 cm³/mol. The summed E-state index contributed by atoms with van der Waals surface area (Å²) in [5.74, 6) is 1.31. The van der Waals surface area contributed by atoms with Gasteiger partial charge in [0.1, 0.15) is 0 Å². The zero-order valence-corrected chi connectivity index (χ0v) is 10.5. The Kier molecular flexibility index (Phi) is 3.08. The maximum atomic E-state index is 12.7. The summed E-state index contributed by atoms with van der Waals surface area (Å²) in [5.41, 5.74) is -0.264. The van der Waals surface area contributed by atoms with Gasteiger partial charge < -0.3 is 5.11 Å². The van der Waals surface area contributed by atoms with Gasteiger partial charge in [-0.1, -0.05) is 18.6 Å². The van der Waals surface area contributed by atoms with Crippen LogP contribution in [0.15, 0.2) is 24.3 Å². The van der Waals surface area contributed by atoms with Gasteiger partial charge in [0, 0.05) is 0 Å². The molecule has 1 nitrogen and oxygen atoms in total. The molecule has 0 spiro atoms. The van der Waals surface area contributed by atoms with E-state index in [0.717, 1.165) is 31.4 Å². The molecular formula is C15H17F3O. The van der Waals surface area contributed by atoms with Crippen molar-refractivity contribution in [2.24, 2.45) is 17.8 Å². The molecule has 0 amide bonds. The molecule has 1 N–H and O–H groups in total. The van der Waals surface area contributed by atoms with Crippen molar-refractivity contribution in [2.45, 2.75) is 38.0 Å². The third-order valence-corrected chi connectivity index (χ3v) is 4.75. The summed E-state index contributed by atoms with van der Waals surface area (Å²) in [6.07, 6.45) is -0.660. The van der Waals surface area contributed by atoms with Gasteiger partial charge in [-0.25, -0.2) is 0 Å². The molecule has 2 saturated carbocycles. The number of halogens is 3. The van der Waals surface area contributed by atoms with Gasteiger partial charge in [-0.3, -0.25) is 0 Å². The molecule has 0 heterocycles. The third kappa shape index (κ3) is 2.38. The van der Waals surface area contributed by atoms with E-state index in [0.29, 0.717) is 17.4 Å². The fourth-order valence-corrected chi connectivity index (χ4v) is 3.83. The number of rotatable bonds is 2. The fraction of sp³-hybridized carbons (Fsp3) is 0.600. The summed E-state index contributed by atoms with van der Waals surface area (Å²) in [5, 5.41) is 10.4. The highest BCUT2D eigenvalue weighted by Crippen LogP contribution is 2.52. The fourth-order valence-electron chi connectivity index (χ4n) is 3.83. The minimum Gasteiger partial charge on any atom is -0.388 e. The summed E-state index contributed by atoms with van der Waals surface area (Å²) in [6.45, 7) is 0. The minimum absolute atomic E-state index is 0.141. The van der Waals surface area contributed by atoms with Crippen molar-refractivity contribution in [1.82, 2.24) is 0 Å². The van der Waals surface area contributed by atoms with E-state index < -0.39 is 17.8 Å². The molecule has 2 aliphatic rings. The van der Waals surface area contributed by atoms with E-state index in [9.17, 15) is 18.3 Å². The molecule has 4 atom stereocenters. The highest BCUT2D eigenvalue weighted by molar-refractivity contribution is 5.28. The Morgan fingerprint density at radius 2 is 1.95 bits per heavy atom. The first-order valence-electron chi connectivity index (χ1n) is 6.80. The minimum atomic E-state index is -4.34. The quantitative estimate of drug-likeness (QED) is 0.855. The molecule has 4 heteroatoms. The van der Waals surface area contributed by atoms with Gasteiger partial charge in [-0.15, -0.1) is 0 Å². The van der Waals surface area contributed by atoms with Crippen molar-refractivity contribution in [2.75, 3.05) is 0 Å². The summed E-state index contributed by atoms with van der Waals surface area (Å²) >= 11 is 0. The van der Waals surface area contributed by atoms with Crippen LogP contribution in [0, 0.1) is 17.8 Å². The second-order valence-electron chi connectivity index (χ2n) is 5.91. The van der Waals surface area contributed by atoms with Crippen molar-refractivity contribution < 1.29 is 18.3 Å². The Hall–Kier alpha value is -1.03. The van der Waals surface area contributed by atoms with E-state index >= 15 is 0 Å². The topological polar surface area (TPSA) is 20.2 Å². The smallest absolute Gasteiger partial charge is 0.388 e. The van der Waals surface area contributed by atoms with Crippen molar-refractivity contribution in [3.05, 3.63) is 35.4 Å². The third-order valence-electron chi connectivity index (χ3n) is 4.75. The average Bonchev–Trinajstić information content (AvgIpc) is 2.99. The first-order valence-corrected chi connectivity index (χ1v) is 6.80. The maximum Gasteiger partial charge on any atom is 0.416 e. The SMILES string of the molecule is OC(c1cccc(C(F)(F)F)c1)C1CC2CCC1C2. The molecule has 2 bridgehead atoms. The molecule has 2 aliphatic carbocycles. The van der Waals surface area contributed by atoms with Crippen LogP contribution < -0.4 is 0 Å². The van der Waals surface area contributed by atoms with Crippen LogP contribution in [-0.4, -0.2) is 5.11 Å². The maximum absolute atomic E-state index is 12.7. The number of aliphatic hydroxyl groups is 1. The Morgan fingerprint density at radius 3 is 2.53 bits per heavy atom. The zero-order valence-electron chi connectivity index (χ0n) is 10.5. The van der Waals surface area contributed by atoms with Crippen LogP contribution in [0.1, 0.15) is 42.9 Å². The molecule has 0 radical (unpaired) electrons. The van der Waals surface area contributed by atoms with E-state index in [-0.39, 0.29) is 5.92 Å². The van der Waals surface area contributed by atoms with Crippen LogP contribution in [0.2, 0.25) is 0 Å². The molecular weight excluding hydrogens is 253 g/mol. The molecule has 1 aromatic rings. The first kappa shape index (κ1) is 13.0. The Morgan fingerprint density at radius 1 is 1.16 bits per heavy atom. The molecule has 1 aromatic carbocycles. The van der Waals surface area contributed by atoms with Crippen molar-refractivity contribution in [3.63, 3.8) is 0 Å². The van der Waals surface area contributed by atoms with Crippen molar-refractivity contribution in [3.8, 4) is 0 Å². The standard InChI is InChI=1S/C15H17F3O/c16-15(17,18)12-3-1-2-11(8-12)14(19)13-7-9-4-5-10(13)6-9/h1-3,8-10,13-14,19H,4-7H2. The summed E-state index contributed by atoms with van der Waals surface area (Å²) in [4.78, 5) is 0. The lowest BCUT2D eigenvalue weighted by atomic mass is 9.82. The normalized spacial score (nSPS) is 31.7. The predicted octanol–water partition coefficient (Wildman–Crippen LogP) is 4.18. The van der Waals surface area contributed by atoms with E-state index in [2.05, 4.69) is 0 Å². The summed E-state index contributed by atoms with van der Waals surface area (Å²) in [6, 6.07) is 5.13. The number of fused-ring (bicyclic) bond motifs is 2. The van der Waals surface area contributed by atoms with Crippen LogP contribution in [0.25, 0.3) is 0 Å². The molecule has 0 saturated heterocycles. The second-order valence-corrected chi connectivity index (χ2v) is 5.91. The van der Waals surface area contributed by atoms with Gasteiger partial charge >= 0.3 is 6.18 Å². The lowest BCUT2D eigenvalue weighted by molar-refractivity contribution is -0.137. The van der Waals surface area contributed by atoms with E-state index in [1.807, 2.05) is 0 Å². The van der Waals surface area contributed by atoms with Crippen molar-refractivity contribution in [1.29, 1.82) is 0 Å². The number of alkyl halides is 3. The Labute approximate surface area is 110 Å². The van der Waals surface area contributed by atoms with E-state index in [1.54, 1.807) is 6.07 Å². The summed E-state index contributed by atoms with van der Waals surface area (Å²) in [7, 11) is 0. The van der Waals surface area contributed by atoms with Gasteiger partial charge in [-0.2, -0.15) is 13.2 Å². The van der Waals surface area contributed by atoms with Gasteiger partial charge in [0.2, 0.25) is 0 Å². The molecule has 3 rings (SSSR count). The van der Waals surface area contributed by atoms with Crippen molar-refractivity contribution >= 4 is 0 Å². The van der Waals surface area contributed by atoms with Crippen LogP contribution in [0.3, 0.4) is 0 Å². The monoisotopic (exact) mass is 270 g/mol. The molecule has 0 aliphatic heterocycles. The van der Waals surface area contributed by atoms with E-state index in [4.69, 9.17) is 0 Å². The van der Waals surface area contributed by atoms with Crippen LogP contribution in [-0.2, 0) is 6.18 Å². The zero-order chi connectivity index (χ0) is 13.6. The average molecular weight is 270 g/mol. The number of benzene rings is 1. The largest absolute Gasteiger partial charge is 0.416 e. The van der Waals surface area contributed by atoms with Gasteiger partial charge in [0.05, 0.1) is 11.7 Å². The Balaban J connectivity index is 1.82. The molecule has 2 fully saturated rings. The second kappa shape index (κ2) is 4.51. The van der Waals surface area contributed by atoms with E-state index in [1.165, 1.54) is 12.5 Å². The molecule has 19 heavy (non-hydrogen) atoms. The van der Waals surface area contributed by atoms with Gasteiger partial charge in [0.15, 0.2) is 0 Å². The molecule has 104 valence electrons. The number of hydrogen-bond donors (Lipinski definition) is 1.